The molecule has 1 amide bonds. The van der Waals surface area contributed by atoms with Gasteiger partial charge >= 0.3 is 0 Å². The number of likely N-dealkylation sites (tertiary alicyclic amines) is 1. The zero-order valence-electron chi connectivity index (χ0n) is 23.1. The summed E-state index contributed by atoms with van der Waals surface area (Å²) < 4.78 is 2.42. The van der Waals surface area contributed by atoms with E-state index in [1.807, 2.05) is 30.4 Å². The highest BCUT2D eigenvalue weighted by Crippen LogP contribution is 2.46. The first-order valence-electron chi connectivity index (χ1n) is 13.9. The molecule has 5 nitrogen and oxygen atoms in total. The Morgan fingerprint density at radius 2 is 1.95 bits per heavy atom. The number of nitrogens with zero attached hydrogens (tertiary/aromatic N) is 4. The Bertz CT molecular complexity index is 1260. The van der Waals surface area contributed by atoms with E-state index in [0.717, 1.165) is 32.4 Å². The third-order valence-corrected chi connectivity index (χ3v) is 8.97. The average Bonchev–Trinajstić information content (AvgIpc) is 3.28. The molecule has 1 aliphatic carbocycles. The van der Waals surface area contributed by atoms with E-state index in [4.69, 9.17) is 0 Å². The molecule has 2 aromatic heterocycles. The molecule has 1 fully saturated rings. The van der Waals surface area contributed by atoms with Gasteiger partial charge in [-0.1, -0.05) is 25.1 Å². The number of carbonyl (C=O) groups excluding carboxylic acids is 1. The number of carbonyl (C=O) groups is 1. The van der Waals surface area contributed by atoms with Gasteiger partial charge in [0.2, 0.25) is 5.91 Å². The lowest BCUT2D eigenvalue weighted by molar-refractivity contribution is -0.139. The van der Waals surface area contributed by atoms with E-state index in [1.165, 1.54) is 27.6 Å². The summed E-state index contributed by atoms with van der Waals surface area (Å²) in [5, 5.41) is 1.43. The third kappa shape index (κ3) is 4.74. The number of fused-ring (bicyclic) bond motifs is 2. The lowest BCUT2D eigenvalue weighted by atomic mass is 9.72. The Labute approximate surface area is 222 Å². The van der Waals surface area contributed by atoms with Crippen LogP contribution in [0.1, 0.15) is 75.1 Å². The van der Waals surface area contributed by atoms with E-state index in [2.05, 4.69) is 85.3 Å². The summed E-state index contributed by atoms with van der Waals surface area (Å²) in [5.41, 5.74) is 5.49. The maximum atomic E-state index is 13.9. The normalized spacial score (nSPS) is 23.0. The zero-order chi connectivity index (χ0) is 26.3. The van der Waals surface area contributed by atoms with Crippen molar-refractivity contribution in [2.45, 2.75) is 76.9 Å². The topological polar surface area (TPSA) is 41.4 Å². The van der Waals surface area contributed by atoms with Crippen LogP contribution in [0.15, 0.2) is 61.6 Å². The zero-order valence-corrected chi connectivity index (χ0v) is 23.1. The highest BCUT2D eigenvalue weighted by Gasteiger charge is 2.43. The van der Waals surface area contributed by atoms with Crippen LogP contribution in [0.25, 0.3) is 10.9 Å². The Balaban J connectivity index is 1.39. The van der Waals surface area contributed by atoms with Gasteiger partial charge in [0.15, 0.2) is 0 Å². The molecule has 37 heavy (non-hydrogen) atoms. The highest BCUT2D eigenvalue weighted by molar-refractivity contribution is 5.89. The molecule has 5 atom stereocenters. The molecule has 0 bridgehead atoms. The Morgan fingerprint density at radius 3 is 2.65 bits per heavy atom. The average molecular weight is 499 g/mol. The van der Waals surface area contributed by atoms with E-state index in [0.29, 0.717) is 23.9 Å². The molecule has 2 aliphatic rings. The third-order valence-electron chi connectivity index (χ3n) is 8.97. The SMILES string of the molecule is C=CCN1C[C@H](C(=O)N(C)C(C)CC(C)c2ccncc2)C[C@@H]2c3cccc4c3c(cn4C(C)C)C[C@H]21. The van der Waals surface area contributed by atoms with Crippen LogP contribution in [0.2, 0.25) is 0 Å². The van der Waals surface area contributed by atoms with Gasteiger partial charge in [-0.2, -0.15) is 0 Å². The van der Waals surface area contributed by atoms with Crippen molar-refractivity contribution >= 4 is 16.8 Å². The van der Waals surface area contributed by atoms with Crippen molar-refractivity contribution in [3.63, 3.8) is 0 Å². The molecule has 0 radical (unpaired) electrons. The number of hydrogen-bond acceptors (Lipinski definition) is 3. The van der Waals surface area contributed by atoms with E-state index in [9.17, 15) is 4.79 Å². The van der Waals surface area contributed by atoms with Gasteiger partial charge in [-0.3, -0.25) is 14.7 Å². The second-order valence-electron chi connectivity index (χ2n) is 11.7. The van der Waals surface area contributed by atoms with Crippen LogP contribution >= 0.6 is 0 Å². The first-order chi connectivity index (χ1) is 17.8. The van der Waals surface area contributed by atoms with Crippen molar-refractivity contribution in [2.24, 2.45) is 5.92 Å². The van der Waals surface area contributed by atoms with E-state index >= 15 is 0 Å². The van der Waals surface area contributed by atoms with Crippen molar-refractivity contribution in [3.8, 4) is 0 Å². The minimum absolute atomic E-state index is 0.00567. The molecule has 0 N–H and O–H groups in total. The predicted molar refractivity (Wildman–Crippen MR) is 152 cm³/mol. The van der Waals surface area contributed by atoms with Crippen LogP contribution in [-0.4, -0.2) is 57.5 Å². The van der Waals surface area contributed by atoms with Gasteiger partial charge in [-0.25, -0.2) is 0 Å². The van der Waals surface area contributed by atoms with Crippen LogP contribution < -0.4 is 0 Å². The van der Waals surface area contributed by atoms with Gasteiger partial charge < -0.3 is 9.47 Å². The monoisotopic (exact) mass is 498 g/mol. The van der Waals surface area contributed by atoms with Crippen LogP contribution in [0, 0.1) is 5.92 Å². The first kappa shape index (κ1) is 25.7. The molecule has 0 spiro atoms. The molecule has 1 aromatic carbocycles. The lowest BCUT2D eigenvalue weighted by Crippen LogP contribution is -2.54. The number of hydrogen-bond donors (Lipinski definition) is 0. The summed E-state index contributed by atoms with van der Waals surface area (Å²) in [5.74, 6) is 1.01. The van der Waals surface area contributed by atoms with Gasteiger partial charge in [0, 0.05) is 73.7 Å². The second kappa shape index (κ2) is 10.4. The Morgan fingerprint density at radius 1 is 1.19 bits per heavy atom. The summed E-state index contributed by atoms with van der Waals surface area (Å²) in [6.45, 7) is 14.6. The first-order valence-corrected chi connectivity index (χ1v) is 13.9. The quantitative estimate of drug-likeness (QED) is 0.349. The predicted octanol–water partition coefficient (Wildman–Crippen LogP) is 6.17. The minimum atomic E-state index is -0.00567. The second-order valence-corrected chi connectivity index (χ2v) is 11.7. The fourth-order valence-corrected chi connectivity index (χ4v) is 6.92. The lowest BCUT2D eigenvalue weighted by Gasteiger charge is -2.47. The van der Waals surface area contributed by atoms with E-state index in [1.54, 1.807) is 0 Å². The van der Waals surface area contributed by atoms with Crippen LogP contribution in [0.5, 0.6) is 0 Å². The van der Waals surface area contributed by atoms with Crippen molar-refractivity contribution < 1.29 is 4.79 Å². The summed E-state index contributed by atoms with van der Waals surface area (Å²) >= 11 is 0. The maximum absolute atomic E-state index is 13.9. The molecular weight excluding hydrogens is 456 g/mol. The molecular formula is C32H42N4O. The van der Waals surface area contributed by atoms with Crippen molar-refractivity contribution in [1.82, 2.24) is 19.4 Å². The smallest absolute Gasteiger partial charge is 0.226 e. The van der Waals surface area contributed by atoms with Gasteiger partial charge in [0.25, 0.3) is 0 Å². The fourth-order valence-electron chi connectivity index (χ4n) is 6.92. The summed E-state index contributed by atoms with van der Waals surface area (Å²) in [6.07, 6.45) is 11.0. The number of piperidine rings is 1. The number of pyridine rings is 1. The highest BCUT2D eigenvalue weighted by atomic mass is 16.2. The minimum Gasteiger partial charge on any atom is -0.345 e. The van der Waals surface area contributed by atoms with Crippen molar-refractivity contribution in [1.29, 1.82) is 0 Å². The largest absolute Gasteiger partial charge is 0.345 e. The molecule has 3 aromatic rings. The number of benzene rings is 1. The fraction of sp³-hybridized carbons (Fsp3) is 0.500. The Kier molecular flexibility index (Phi) is 7.26. The molecule has 3 heterocycles. The summed E-state index contributed by atoms with van der Waals surface area (Å²) in [4.78, 5) is 22.6. The van der Waals surface area contributed by atoms with Crippen LogP contribution in [0.3, 0.4) is 0 Å². The molecule has 5 heteroatoms. The van der Waals surface area contributed by atoms with Crippen molar-refractivity contribution in [2.75, 3.05) is 20.1 Å². The van der Waals surface area contributed by atoms with Gasteiger partial charge in [-0.05, 0) is 80.8 Å². The van der Waals surface area contributed by atoms with Gasteiger partial charge in [0.05, 0.1) is 5.92 Å². The molecule has 2 unspecified atom stereocenters. The summed E-state index contributed by atoms with van der Waals surface area (Å²) in [6, 6.07) is 12.0. The molecule has 0 saturated carbocycles. The van der Waals surface area contributed by atoms with Gasteiger partial charge in [-0.15, -0.1) is 6.58 Å². The number of rotatable bonds is 8. The maximum Gasteiger partial charge on any atom is 0.226 e. The molecule has 1 aliphatic heterocycles. The molecule has 5 rings (SSSR count). The van der Waals surface area contributed by atoms with E-state index < -0.39 is 0 Å². The van der Waals surface area contributed by atoms with E-state index in [-0.39, 0.29) is 17.9 Å². The molecule has 196 valence electrons. The standard InChI is InChI=1S/C32H42N4O/c1-7-15-35-19-26(32(37)34(6)23(5)16-22(4)24-11-13-33-14-12-24)17-28-27-9-8-10-29-31(27)25(18-30(28)35)20-36(29)21(2)3/h7-14,20-23,26,28,30H,1,15-19H2,2-6H3/t22?,23?,26-,28-,30-/m1/s1. The van der Waals surface area contributed by atoms with Crippen LogP contribution in [0.4, 0.5) is 0 Å². The number of aromatic nitrogens is 2. The van der Waals surface area contributed by atoms with Crippen molar-refractivity contribution in [3.05, 3.63) is 78.3 Å². The number of amides is 1. The van der Waals surface area contributed by atoms with Gasteiger partial charge in [0.1, 0.15) is 0 Å². The van der Waals surface area contributed by atoms with Crippen LogP contribution in [-0.2, 0) is 11.2 Å². The summed E-state index contributed by atoms with van der Waals surface area (Å²) in [7, 11) is 2.00. The Hall–Kier alpha value is -2.92. The molecule has 1 saturated heterocycles.